The first-order valence-electron chi connectivity index (χ1n) is 10.2. The SMILES string of the molecule is O=C1CCN(C/C=C/CCCCS(=O)(=O)c2ccc(F)c(OCC3CC3)c2)C(=O)N1. The van der Waals surface area contributed by atoms with Crippen LogP contribution in [0.4, 0.5) is 9.18 Å². The van der Waals surface area contributed by atoms with Crippen LogP contribution in [0.15, 0.2) is 35.2 Å². The average Bonchev–Trinajstić information content (AvgIpc) is 3.52. The van der Waals surface area contributed by atoms with Crippen LogP contribution in [0, 0.1) is 11.7 Å². The van der Waals surface area contributed by atoms with Gasteiger partial charge in [-0.25, -0.2) is 17.6 Å². The third kappa shape index (κ3) is 6.55. The number of urea groups is 1. The molecular weight excluding hydrogens is 411 g/mol. The van der Waals surface area contributed by atoms with E-state index in [1.54, 1.807) is 4.90 Å². The fourth-order valence-corrected chi connectivity index (χ4v) is 4.43. The third-order valence-corrected chi connectivity index (χ3v) is 6.90. The van der Waals surface area contributed by atoms with E-state index in [-0.39, 0.29) is 28.3 Å². The number of imide groups is 1. The average molecular weight is 439 g/mol. The molecule has 0 spiro atoms. The standard InChI is InChI=1S/C21H27FN2O5S/c22-18-9-8-17(14-19(18)29-15-16-6-7-16)30(27,28)13-5-3-1-2-4-11-24-12-10-20(25)23-21(24)26/h2,4,8-9,14,16H,1,3,5-7,10-13,15H2,(H,23,25,26)/b4-2+. The number of hydrogen-bond acceptors (Lipinski definition) is 5. The predicted molar refractivity (Wildman–Crippen MR) is 109 cm³/mol. The van der Waals surface area contributed by atoms with Crippen molar-refractivity contribution in [3.63, 3.8) is 0 Å². The molecule has 1 saturated heterocycles. The lowest BCUT2D eigenvalue weighted by molar-refractivity contribution is -0.121. The van der Waals surface area contributed by atoms with Crippen molar-refractivity contribution in [2.45, 2.75) is 43.4 Å². The van der Waals surface area contributed by atoms with Crippen LogP contribution < -0.4 is 10.1 Å². The Balaban J connectivity index is 1.40. The lowest BCUT2D eigenvalue weighted by atomic mass is 10.2. The van der Waals surface area contributed by atoms with E-state index >= 15 is 0 Å². The topological polar surface area (TPSA) is 92.8 Å². The quantitative estimate of drug-likeness (QED) is 0.326. The monoisotopic (exact) mass is 438 g/mol. The molecule has 30 heavy (non-hydrogen) atoms. The van der Waals surface area contributed by atoms with Crippen LogP contribution in [0.2, 0.25) is 0 Å². The highest BCUT2D eigenvalue weighted by Crippen LogP contribution is 2.31. The molecule has 0 bridgehead atoms. The summed E-state index contributed by atoms with van der Waals surface area (Å²) < 4.78 is 44.3. The summed E-state index contributed by atoms with van der Waals surface area (Å²) in [5.41, 5.74) is 0. The number of allylic oxidation sites excluding steroid dienone is 1. The normalized spacial score (nSPS) is 17.4. The van der Waals surface area contributed by atoms with Crippen LogP contribution in [0.25, 0.3) is 0 Å². The van der Waals surface area contributed by atoms with E-state index in [4.69, 9.17) is 4.74 Å². The van der Waals surface area contributed by atoms with Crippen LogP contribution in [0.5, 0.6) is 5.75 Å². The number of hydrogen-bond donors (Lipinski definition) is 1. The lowest BCUT2D eigenvalue weighted by Gasteiger charge is -2.25. The lowest BCUT2D eigenvalue weighted by Crippen LogP contribution is -2.49. The molecular formula is C21H27FN2O5S. The molecule has 1 aromatic carbocycles. The highest BCUT2D eigenvalue weighted by Gasteiger charge is 2.23. The molecule has 1 aliphatic carbocycles. The zero-order valence-corrected chi connectivity index (χ0v) is 17.6. The Bertz CT molecular complexity index is 912. The Morgan fingerprint density at radius 3 is 2.73 bits per heavy atom. The summed E-state index contributed by atoms with van der Waals surface area (Å²) in [5.74, 6) is -0.389. The molecule has 7 nitrogen and oxygen atoms in total. The van der Waals surface area contributed by atoms with Gasteiger partial charge >= 0.3 is 6.03 Å². The molecule has 1 heterocycles. The predicted octanol–water partition coefficient (Wildman–Crippen LogP) is 3.06. The van der Waals surface area contributed by atoms with Crippen LogP contribution in [-0.4, -0.2) is 50.7 Å². The van der Waals surface area contributed by atoms with Gasteiger partial charge in [0.2, 0.25) is 5.91 Å². The molecule has 2 fully saturated rings. The van der Waals surface area contributed by atoms with Crippen molar-refractivity contribution in [1.29, 1.82) is 0 Å². The molecule has 0 unspecified atom stereocenters. The van der Waals surface area contributed by atoms with E-state index in [1.807, 2.05) is 12.2 Å². The molecule has 0 aromatic heterocycles. The van der Waals surface area contributed by atoms with Gasteiger partial charge < -0.3 is 9.64 Å². The van der Waals surface area contributed by atoms with Crippen molar-refractivity contribution >= 4 is 21.8 Å². The Labute approximate surface area is 176 Å². The van der Waals surface area contributed by atoms with E-state index in [9.17, 15) is 22.4 Å². The van der Waals surface area contributed by atoms with Gasteiger partial charge in [0.05, 0.1) is 17.3 Å². The number of sulfone groups is 1. The molecule has 2 aliphatic rings. The van der Waals surface area contributed by atoms with Gasteiger partial charge in [-0.3, -0.25) is 10.1 Å². The first kappa shape index (κ1) is 22.3. The van der Waals surface area contributed by atoms with Crippen LogP contribution >= 0.6 is 0 Å². The van der Waals surface area contributed by atoms with Crippen molar-refractivity contribution in [2.75, 3.05) is 25.4 Å². The van der Waals surface area contributed by atoms with Gasteiger partial charge in [0, 0.05) is 25.6 Å². The van der Waals surface area contributed by atoms with Crippen LogP contribution in [0.3, 0.4) is 0 Å². The number of carbonyl (C=O) groups excluding carboxylic acids is 2. The van der Waals surface area contributed by atoms with Crippen molar-refractivity contribution < 1.29 is 27.1 Å². The van der Waals surface area contributed by atoms with Gasteiger partial charge in [-0.2, -0.15) is 0 Å². The summed E-state index contributed by atoms with van der Waals surface area (Å²) >= 11 is 0. The van der Waals surface area contributed by atoms with Gasteiger partial charge in [0.1, 0.15) is 0 Å². The Kier molecular flexibility index (Phi) is 7.47. The maximum Gasteiger partial charge on any atom is 0.324 e. The molecule has 3 rings (SSSR count). The molecule has 0 radical (unpaired) electrons. The summed E-state index contributed by atoms with van der Waals surface area (Å²) in [6, 6.07) is 3.31. The Morgan fingerprint density at radius 1 is 1.20 bits per heavy atom. The smallest absolute Gasteiger partial charge is 0.324 e. The van der Waals surface area contributed by atoms with Gasteiger partial charge in [-0.15, -0.1) is 0 Å². The summed E-state index contributed by atoms with van der Waals surface area (Å²) in [5, 5.41) is 2.26. The van der Waals surface area contributed by atoms with Crippen molar-refractivity contribution in [3.05, 3.63) is 36.2 Å². The molecule has 1 saturated carbocycles. The zero-order valence-electron chi connectivity index (χ0n) is 16.8. The number of carbonyl (C=O) groups is 2. The second-order valence-electron chi connectivity index (χ2n) is 7.68. The van der Waals surface area contributed by atoms with E-state index in [1.165, 1.54) is 12.1 Å². The number of benzene rings is 1. The van der Waals surface area contributed by atoms with Crippen molar-refractivity contribution in [3.8, 4) is 5.75 Å². The Hall–Kier alpha value is -2.42. The Morgan fingerprint density at radius 2 is 2.00 bits per heavy atom. The van der Waals surface area contributed by atoms with Crippen LogP contribution in [-0.2, 0) is 14.6 Å². The number of nitrogens with zero attached hydrogens (tertiary/aromatic N) is 1. The summed E-state index contributed by atoms with van der Waals surface area (Å²) in [6.07, 6.45) is 8.01. The van der Waals surface area contributed by atoms with E-state index < -0.39 is 15.7 Å². The number of halogens is 1. The summed E-state index contributed by atoms with van der Waals surface area (Å²) in [6.45, 7) is 1.23. The number of ether oxygens (including phenoxy) is 1. The number of nitrogens with one attached hydrogen (secondary N) is 1. The molecule has 3 amide bonds. The minimum absolute atomic E-state index is 0.00522. The number of unbranched alkanes of at least 4 members (excludes halogenated alkanes) is 2. The molecule has 164 valence electrons. The number of amides is 3. The fourth-order valence-electron chi connectivity index (χ4n) is 3.04. The summed E-state index contributed by atoms with van der Waals surface area (Å²) in [4.78, 5) is 24.3. The molecule has 0 atom stereocenters. The largest absolute Gasteiger partial charge is 0.490 e. The maximum absolute atomic E-state index is 13.9. The van der Waals surface area contributed by atoms with Gasteiger partial charge in [0.25, 0.3) is 0 Å². The first-order valence-corrected chi connectivity index (χ1v) is 11.9. The van der Waals surface area contributed by atoms with E-state index in [0.717, 1.165) is 18.9 Å². The third-order valence-electron chi connectivity index (χ3n) is 5.10. The van der Waals surface area contributed by atoms with Crippen molar-refractivity contribution in [1.82, 2.24) is 10.2 Å². The maximum atomic E-state index is 13.9. The van der Waals surface area contributed by atoms with E-state index in [2.05, 4.69) is 5.32 Å². The second-order valence-corrected chi connectivity index (χ2v) is 9.79. The molecule has 1 N–H and O–H groups in total. The highest BCUT2D eigenvalue weighted by atomic mass is 32.2. The molecule has 1 aromatic rings. The molecule has 9 heteroatoms. The van der Waals surface area contributed by atoms with Crippen LogP contribution in [0.1, 0.15) is 38.5 Å². The minimum atomic E-state index is -3.51. The fraction of sp³-hybridized carbons (Fsp3) is 0.524. The number of rotatable bonds is 11. The highest BCUT2D eigenvalue weighted by molar-refractivity contribution is 7.91. The summed E-state index contributed by atoms with van der Waals surface area (Å²) in [7, 11) is -3.51. The molecule has 1 aliphatic heterocycles. The first-order chi connectivity index (χ1) is 14.3. The van der Waals surface area contributed by atoms with Gasteiger partial charge in [-0.05, 0) is 50.2 Å². The zero-order chi connectivity index (χ0) is 21.6. The minimum Gasteiger partial charge on any atom is -0.490 e. The van der Waals surface area contributed by atoms with Crippen molar-refractivity contribution in [2.24, 2.45) is 5.92 Å². The van der Waals surface area contributed by atoms with Gasteiger partial charge in [-0.1, -0.05) is 12.2 Å². The second kappa shape index (κ2) is 10.1. The van der Waals surface area contributed by atoms with E-state index in [0.29, 0.717) is 51.3 Å². The van der Waals surface area contributed by atoms with Gasteiger partial charge in [0.15, 0.2) is 21.4 Å².